The Hall–Kier alpha value is -0.900. The normalized spacial score (nSPS) is 12.4. The van der Waals surface area contributed by atoms with Crippen LogP contribution in [-0.2, 0) is 6.42 Å². The standard InChI is InChI=1S/C16H16BrClFN/c1-10-7-13(18)4-5-14(10)16(20-2)9-11-8-12(17)3-6-15(11)19/h3-8,16,20H,9H2,1-2H3. The summed E-state index contributed by atoms with van der Waals surface area (Å²) >= 11 is 9.37. The molecule has 1 N–H and O–H groups in total. The van der Waals surface area contributed by atoms with E-state index in [-0.39, 0.29) is 11.9 Å². The molecule has 0 aliphatic heterocycles. The molecule has 106 valence electrons. The van der Waals surface area contributed by atoms with Gasteiger partial charge in [-0.15, -0.1) is 0 Å². The zero-order valence-electron chi connectivity index (χ0n) is 11.4. The minimum absolute atomic E-state index is 0.0519. The Morgan fingerprint density at radius 1 is 1.25 bits per heavy atom. The van der Waals surface area contributed by atoms with E-state index in [4.69, 9.17) is 11.6 Å². The molecule has 0 aliphatic rings. The second-order valence-electron chi connectivity index (χ2n) is 4.78. The number of hydrogen-bond acceptors (Lipinski definition) is 1. The molecule has 1 unspecified atom stereocenters. The van der Waals surface area contributed by atoms with Crippen molar-refractivity contribution in [2.75, 3.05) is 7.05 Å². The van der Waals surface area contributed by atoms with Gasteiger partial charge in [-0.05, 0) is 67.4 Å². The number of nitrogens with one attached hydrogen (secondary N) is 1. The van der Waals surface area contributed by atoms with E-state index in [1.54, 1.807) is 6.07 Å². The van der Waals surface area contributed by atoms with Gasteiger partial charge in [-0.2, -0.15) is 0 Å². The molecule has 4 heteroatoms. The smallest absolute Gasteiger partial charge is 0.126 e. The number of aryl methyl sites for hydroxylation is 1. The summed E-state index contributed by atoms with van der Waals surface area (Å²) < 4.78 is 14.8. The van der Waals surface area contributed by atoms with E-state index >= 15 is 0 Å². The molecular formula is C16H16BrClFN. The fourth-order valence-corrected chi connectivity index (χ4v) is 2.95. The van der Waals surface area contributed by atoms with E-state index in [0.29, 0.717) is 12.0 Å². The summed E-state index contributed by atoms with van der Waals surface area (Å²) in [5.74, 6) is -0.180. The van der Waals surface area contributed by atoms with Crippen LogP contribution < -0.4 is 5.32 Å². The maximum atomic E-state index is 13.9. The first-order chi connectivity index (χ1) is 9.51. The molecule has 2 rings (SSSR count). The van der Waals surface area contributed by atoms with E-state index in [2.05, 4.69) is 21.2 Å². The summed E-state index contributed by atoms with van der Waals surface area (Å²) in [4.78, 5) is 0. The van der Waals surface area contributed by atoms with Gasteiger partial charge >= 0.3 is 0 Å². The molecule has 0 amide bonds. The zero-order valence-corrected chi connectivity index (χ0v) is 13.7. The highest BCUT2D eigenvalue weighted by Crippen LogP contribution is 2.26. The highest BCUT2D eigenvalue weighted by Gasteiger charge is 2.15. The SMILES string of the molecule is CNC(Cc1cc(Br)ccc1F)c1ccc(Cl)cc1C. The van der Waals surface area contributed by atoms with E-state index in [1.807, 2.05) is 38.2 Å². The highest BCUT2D eigenvalue weighted by atomic mass is 79.9. The predicted octanol–water partition coefficient (Wildman–Crippen LogP) is 5.05. The molecular weight excluding hydrogens is 341 g/mol. The lowest BCUT2D eigenvalue weighted by molar-refractivity contribution is 0.552. The minimum atomic E-state index is -0.180. The van der Waals surface area contributed by atoms with Crippen LogP contribution in [0.25, 0.3) is 0 Å². The molecule has 0 heterocycles. The second-order valence-corrected chi connectivity index (χ2v) is 6.13. The van der Waals surface area contributed by atoms with Crippen LogP contribution in [0, 0.1) is 12.7 Å². The third kappa shape index (κ3) is 3.60. The number of rotatable bonds is 4. The number of halogens is 3. The summed E-state index contributed by atoms with van der Waals surface area (Å²) in [6.45, 7) is 2.02. The number of hydrogen-bond donors (Lipinski definition) is 1. The monoisotopic (exact) mass is 355 g/mol. The van der Waals surface area contributed by atoms with Crippen molar-refractivity contribution in [2.45, 2.75) is 19.4 Å². The molecule has 2 aromatic carbocycles. The maximum absolute atomic E-state index is 13.9. The van der Waals surface area contributed by atoms with Gasteiger partial charge in [0.2, 0.25) is 0 Å². The molecule has 1 nitrogen and oxygen atoms in total. The van der Waals surface area contributed by atoms with Crippen molar-refractivity contribution >= 4 is 27.5 Å². The minimum Gasteiger partial charge on any atom is -0.313 e. The number of benzene rings is 2. The van der Waals surface area contributed by atoms with Crippen LogP contribution in [0.2, 0.25) is 5.02 Å². The van der Waals surface area contributed by atoms with Crippen LogP contribution in [0.1, 0.15) is 22.7 Å². The molecule has 0 saturated carbocycles. The van der Waals surface area contributed by atoms with Gasteiger partial charge in [0.15, 0.2) is 0 Å². The third-order valence-corrected chi connectivity index (χ3v) is 4.12. The van der Waals surface area contributed by atoms with Gasteiger partial charge in [0, 0.05) is 15.5 Å². The van der Waals surface area contributed by atoms with E-state index in [1.165, 1.54) is 6.07 Å². The summed E-state index contributed by atoms with van der Waals surface area (Å²) in [6.07, 6.45) is 0.588. The Bertz CT molecular complexity index is 615. The van der Waals surface area contributed by atoms with Gasteiger partial charge < -0.3 is 5.32 Å². The largest absolute Gasteiger partial charge is 0.313 e. The first kappa shape index (κ1) is 15.5. The van der Waals surface area contributed by atoms with Crippen LogP contribution in [0.3, 0.4) is 0 Å². The van der Waals surface area contributed by atoms with Crippen LogP contribution in [0.5, 0.6) is 0 Å². The van der Waals surface area contributed by atoms with Gasteiger partial charge in [-0.1, -0.05) is 33.6 Å². The van der Waals surface area contributed by atoms with Crippen LogP contribution >= 0.6 is 27.5 Å². The quantitative estimate of drug-likeness (QED) is 0.808. The average molecular weight is 357 g/mol. The summed E-state index contributed by atoms with van der Waals surface area (Å²) in [7, 11) is 1.88. The molecule has 20 heavy (non-hydrogen) atoms. The molecule has 0 spiro atoms. The first-order valence-corrected chi connectivity index (χ1v) is 7.55. The first-order valence-electron chi connectivity index (χ1n) is 6.38. The van der Waals surface area contributed by atoms with Gasteiger partial charge in [-0.3, -0.25) is 0 Å². The fraction of sp³-hybridized carbons (Fsp3) is 0.250. The van der Waals surface area contributed by atoms with Crippen molar-refractivity contribution in [3.05, 3.63) is 68.4 Å². The summed E-state index contributed by atoms with van der Waals surface area (Å²) in [5.41, 5.74) is 2.93. The fourth-order valence-electron chi connectivity index (χ4n) is 2.32. The summed E-state index contributed by atoms with van der Waals surface area (Å²) in [5, 5.41) is 3.97. The topological polar surface area (TPSA) is 12.0 Å². The molecule has 0 radical (unpaired) electrons. The molecule has 0 aromatic heterocycles. The van der Waals surface area contributed by atoms with Crippen molar-refractivity contribution in [2.24, 2.45) is 0 Å². The van der Waals surface area contributed by atoms with Crippen molar-refractivity contribution < 1.29 is 4.39 Å². The second kappa shape index (κ2) is 6.70. The van der Waals surface area contributed by atoms with Crippen molar-refractivity contribution in [1.82, 2.24) is 5.32 Å². The van der Waals surface area contributed by atoms with E-state index in [0.717, 1.165) is 20.6 Å². The predicted molar refractivity (Wildman–Crippen MR) is 85.8 cm³/mol. The van der Waals surface area contributed by atoms with E-state index in [9.17, 15) is 4.39 Å². The molecule has 1 atom stereocenters. The van der Waals surface area contributed by atoms with Crippen LogP contribution in [0.15, 0.2) is 40.9 Å². The molecule has 0 saturated heterocycles. The van der Waals surface area contributed by atoms with Crippen LogP contribution in [-0.4, -0.2) is 7.05 Å². The van der Waals surface area contributed by atoms with Crippen molar-refractivity contribution in [1.29, 1.82) is 0 Å². The molecule has 0 fully saturated rings. The Balaban J connectivity index is 2.31. The lowest BCUT2D eigenvalue weighted by Gasteiger charge is -2.19. The maximum Gasteiger partial charge on any atom is 0.126 e. The van der Waals surface area contributed by atoms with Crippen molar-refractivity contribution in [3.8, 4) is 0 Å². The van der Waals surface area contributed by atoms with Crippen molar-refractivity contribution in [3.63, 3.8) is 0 Å². The Kier molecular flexibility index (Phi) is 5.19. The Labute approximate surface area is 132 Å². The van der Waals surface area contributed by atoms with Crippen LogP contribution in [0.4, 0.5) is 4.39 Å². The van der Waals surface area contributed by atoms with Gasteiger partial charge in [0.1, 0.15) is 5.82 Å². The molecule has 2 aromatic rings. The Morgan fingerprint density at radius 3 is 2.65 bits per heavy atom. The van der Waals surface area contributed by atoms with E-state index < -0.39 is 0 Å². The summed E-state index contributed by atoms with van der Waals surface area (Å²) in [6, 6.07) is 10.9. The lowest BCUT2D eigenvalue weighted by Crippen LogP contribution is -2.20. The van der Waals surface area contributed by atoms with Gasteiger partial charge in [-0.25, -0.2) is 4.39 Å². The third-order valence-electron chi connectivity index (χ3n) is 3.39. The lowest BCUT2D eigenvalue weighted by atomic mass is 9.95. The Morgan fingerprint density at radius 2 is 2.00 bits per heavy atom. The zero-order chi connectivity index (χ0) is 14.7. The van der Waals surface area contributed by atoms with Gasteiger partial charge in [0.05, 0.1) is 0 Å². The average Bonchev–Trinajstić information content (AvgIpc) is 2.40. The number of likely N-dealkylation sites (N-methyl/N-ethyl adjacent to an activating group) is 1. The molecule has 0 bridgehead atoms. The molecule has 0 aliphatic carbocycles. The highest BCUT2D eigenvalue weighted by molar-refractivity contribution is 9.10. The van der Waals surface area contributed by atoms with Gasteiger partial charge in [0.25, 0.3) is 0 Å².